The number of halogens is 1. The minimum absolute atomic E-state index is 0.502. The van der Waals surface area contributed by atoms with E-state index < -0.39 is 0 Å². The molecular formula is C18H20ClNO. The van der Waals surface area contributed by atoms with Gasteiger partial charge in [-0.3, -0.25) is 4.90 Å². The Labute approximate surface area is 131 Å². The van der Waals surface area contributed by atoms with Crippen molar-refractivity contribution in [1.82, 2.24) is 4.90 Å². The molecule has 21 heavy (non-hydrogen) atoms. The Morgan fingerprint density at radius 1 is 1.14 bits per heavy atom. The first-order valence-electron chi connectivity index (χ1n) is 7.36. The molecular weight excluding hydrogens is 282 g/mol. The summed E-state index contributed by atoms with van der Waals surface area (Å²) in [6.45, 7) is 3.20. The van der Waals surface area contributed by atoms with Crippen LogP contribution in [0.25, 0.3) is 0 Å². The zero-order valence-corrected chi connectivity index (χ0v) is 13.0. The topological polar surface area (TPSA) is 12.5 Å². The fourth-order valence-electron chi connectivity index (χ4n) is 3.13. The van der Waals surface area contributed by atoms with Crippen molar-refractivity contribution >= 4 is 11.6 Å². The molecule has 2 aromatic rings. The minimum atomic E-state index is 0.502. The summed E-state index contributed by atoms with van der Waals surface area (Å²) in [6.07, 6.45) is 1.16. The number of hydrogen-bond donors (Lipinski definition) is 0. The van der Waals surface area contributed by atoms with Gasteiger partial charge in [0.25, 0.3) is 0 Å². The van der Waals surface area contributed by atoms with Crippen LogP contribution in [0.5, 0.6) is 5.75 Å². The molecule has 1 unspecified atom stereocenters. The number of hydrogen-bond acceptors (Lipinski definition) is 2. The summed E-state index contributed by atoms with van der Waals surface area (Å²) in [4.78, 5) is 2.50. The summed E-state index contributed by atoms with van der Waals surface area (Å²) in [7, 11) is 1.70. The molecule has 3 rings (SSSR count). The largest absolute Gasteiger partial charge is 0.495 e. The molecule has 1 atom stereocenters. The van der Waals surface area contributed by atoms with Crippen LogP contribution in [0.3, 0.4) is 0 Å². The van der Waals surface area contributed by atoms with Crippen LogP contribution >= 0.6 is 11.6 Å². The molecule has 0 radical (unpaired) electrons. The molecule has 0 spiro atoms. The van der Waals surface area contributed by atoms with Crippen LogP contribution in [0, 0.1) is 0 Å². The number of benzene rings is 2. The predicted molar refractivity (Wildman–Crippen MR) is 87.1 cm³/mol. The molecule has 3 heteroatoms. The van der Waals surface area contributed by atoms with Crippen molar-refractivity contribution in [3.8, 4) is 5.75 Å². The second-order valence-corrected chi connectivity index (χ2v) is 5.98. The third kappa shape index (κ3) is 3.22. The molecule has 0 aliphatic carbocycles. The second kappa shape index (κ2) is 6.50. The van der Waals surface area contributed by atoms with Crippen LogP contribution in [-0.4, -0.2) is 25.1 Å². The SMILES string of the molecule is COc1c(Cl)cccc1C1CCN(Cc2ccccc2)C1. The molecule has 2 aromatic carbocycles. The van der Waals surface area contributed by atoms with Crippen molar-refractivity contribution in [3.63, 3.8) is 0 Å². The molecule has 1 aliphatic heterocycles. The maximum absolute atomic E-state index is 6.24. The molecule has 0 aromatic heterocycles. The van der Waals surface area contributed by atoms with E-state index in [2.05, 4.69) is 41.3 Å². The van der Waals surface area contributed by atoms with Gasteiger partial charge >= 0.3 is 0 Å². The van der Waals surface area contributed by atoms with E-state index in [1.165, 1.54) is 11.1 Å². The summed E-state index contributed by atoms with van der Waals surface area (Å²) < 4.78 is 5.49. The molecule has 1 aliphatic rings. The summed E-state index contributed by atoms with van der Waals surface area (Å²) >= 11 is 6.24. The van der Waals surface area contributed by atoms with E-state index >= 15 is 0 Å². The molecule has 0 amide bonds. The van der Waals surface area contributed by atoms with E-state index in [4.69, 9.17) is 16.3 Å². The third-order valence-corrected chi connectivity index (χ3v) is 4.46. The molecule has 1 heterocycles. The second-order valence-electron chi connectivity index (χ2n) is 5.57. The predicted octanol–water partition coefficient (Wildman–Crippen LogP) is 4.34. The van der Waals surface area contributed by atoms with Gasteiger partial charge in [-0.05, 0) is 24.6 Å². The van der Waals surface area contributed by atoms with Gasteiger partial charge in [-0.1, -0.05) is 54.1 Å². The maximum Gasteiger partial charge on any atom is 0.140 e. The smallest absolute Gasteiger partial charge is 0.140 e. The molecule has 1 fully saturated rings. The summed E-state index contributed by atoms with van der Waals surface area (Å²) in [5, 5.41) is 0.705. The van der Waals surface area contributed by atoms with Crippen LogP contribution in [0.1, 0.15) is 23.5 Å². The van der Waals surface area contributed by atoms with Gasteiger partial charge in [0.15, 0.2) is 0 Å². The van der Waals surface area contributed by atoms with Gasteiger partial charge in [0.05, 0.1) is 12.1 Å². The molecule has 0 saturated carbocycles. The zero-order valence-electron chi connectivity index (χ0n) is 12.3. The van der Waals surface area contributed by atoms with Crippen molar-refractivity contribution < 1.29 is 4.74 Å². The molecule has 0 N–H and O–H groups in total. The Bertz CT molecular complexity index is 599. The van der Waals surface area contributed by atoms with Crippen LogP contribution in [0.15, 0.2) is 48.5 Å². The first-order valence-corrected chi connectivity index (χ1v) is 7.74. The zero-order chi connectivity index (χ0) is 14.7. The van der Waals surface area contributed by atoms with Gasteiger partial charge in [-0.15, -0.1) is 0 Å². The first-order chi connectivity index (χ1) is 10.3. The number of likely N-dealkylation sites (tertiary alicyclic amines) is 1. The van der Waals surface area contributed by atoms with E-state index in [1.807, 2.05) is 12.1 Å². The Hall–Kier alpha value is -1.51. The number of rotatable bonds is 4. The number of para-hydroxylation sites is 1. The monoisotopic (exact) mass is 301 g/mol. The third-order valence-electron chi connectivity index (χ3n) is 4.16. The number of ether oxygens (including phenoxy) is 1. The van der Waals surface area contributed by atoms with Crippen LogP contribution < -0.4 is 4.74 Å². The number of methoxy groups -OCH3 is 1. The van der Waals surface area contributed by atoms with E-state index in [9.17, 15) is 0 Å². The highest BCUT2D eigenvalue weighted by Crippen LogP contribution is 2.37. The first kappa shape index (κ1) is 14.4. The van der Waals surface area contributed by atoms with Crippen molar-refractivity contribution in [2.24, 2.45) is 0 Å². The quantitative estimate of drug-likeness (QED) is 0.833. The van der Waals surface area contributed by atoms with E-state index in [1.54, 1.807) is 7.11 Å². The Morgan fingerprint density at radius 2 is 1.95 bits per heavy atom. The van der Waals surface area contributed by atoms with Crippen LogP contribution in [-0.2, 0) is 6.54 Å². The lowest BCUT2D eigenvalue weighted by molar-refractivity contribution is 0.325. The maximum atomic E-state index is 6.24. The highest BCUT2D eigenvalue weighted by Gasteiger charge is 2.26. The van der Waals surface area contributed by atoms with E-state index in [0.29, 0.717) is 10.9 Å². The summed E-state index contributed by atoms with van der Waals surface area (Å²) in [5.41, 5.74) is 2.61. The van der Waals surface area contributed by atoms with Gasteiger partial charge < -0.3 is 4.74 Å². The summed E-state index contributed by atoms with van der Waals surface area (Å²) in [6, 6.07) is 16.7. The van der Waals surface area contributed by atoms with Gasteiger partial charge in [0.1, 0.15) is 5.75 Å². The molecule has 1 saturated heterocycles. The Kier molecular flexibility index (Phi) is 4.47. The molecule has 2 nitrogen and oxygen atoms in total. The fraction of sp³-hybridized carbons (Fsp3) is 0.333. The average Bonchev–Trinajstić information content (AvgIpc) is 2.96. The van der Waals surface area contributed by atoms with Gasteiger partial charge in [-0.2, -0.15) is 0 Å². The van der Waals surface area contributed by atoms with E-state index in [0.717, 1.165) is 31.8 Å². The average molecular weight is 302 g/mol. The van der Waals surface area contributed by atoms with Gasteiger partial charge in [-0.25, -0.2) is 0 Å². The highest BCUT2D eigenvalue weighted by atomic mass is 35.5. The van der Waals surface area contributed by atoms with Gasteiger partial charge in [0, 0.05) is 24.6 Å². The lowest BCUT2D eigenvalue weighted by Gasteiger charge is -2.18. The van der Waals surface area contributed by atoms with E-state index in [-0.39, 0.29) is 0 Å². The lowest BCUT2D eigenvalue weighted by Crippen LogP contribution is -2.19. The standard InChI is InChI=1S/C18H20ClNO/c1-21-18-16(8-5-9-17(18)19)15-10-11-20(13-15)12-14-6-3-2-4-7-14/h2-9,15H,10-13H2,1H3. The molecule has 0 bridgehead atoms. The summed E-state index contributed by atoms with van der Waals surface area (Å²) in [5.74, 6) is 1.34. The van der Waals surface area contributed by atoms with Crippen molar-refractivity contribution in [1.29, 1.82) is 0 Å². The number of nitrogens with zero attached hydrogens (tertiary/aromatic N) is 1. The van der Waals surface area contributed by atoms with Crippen molar-refractivity contribution in [3.05, 3.63) is 64.7 Å². The van der Waals surface area contributed by atoms with Crippen LogP contribution in [0.4, 0.5) is 0 Å². The Balaban J connectivity index is 1.71. The lowest BCUT2D eigenvalue weighted by atomic mass is 9.97. The minimum Gasteiger partial charge on any atom is -0.495 e. The highest BCUT2D eigenvalue weighted by molar-refractivity contribution is 6.32. The normalized spacial score (nSPS) is 18.9. The van der Waals surface area contributed by atoms with Crippen LogP contribution in [0.2, 0.25) is 5.02 Å². The fourth-order valence-corrected chi connectivity index (χ4v) is 3.39. The van der Waals surface area contributed by atoms with Gasteiger partial charge in [0.2, 0.25) is 0 Å². The Morgan fingerprint density at radius 3 is 2.71 bits per heavy atom. The van der Waals surface area contributed by atoms with Crippen molar-refractivity contribution in [2.75, 3.05) is 20.2 Å². The molecule has 110 valence electrons. The van der Waals surface area contributed by atoms with Crippen molar-refractivity contribution in [2.45, 2.75) is 18.9 Å².